The molecule has 1 aromatic rings. The smallest absolute Gasteiger partial charge is 0.242 e. The number of benzene rings is 1. The Hall–Kier alpha value is -1.21. The van der Waals surface area contributed by atoms with Crippen molar-refractivity contribution in [1.29, 1.82) is 0 Å². The highest BCUT2D eigenvalue weighted by molar-refractivity contribution is 6.30. The summed E-state index contributed by atoms with van der Waals surface area (Å²) < 4.78 is 0. The highest BCUT2D eigenvalue weighted by Crippen LogP contribution is 2.47. The van der Waals surface area contributed by atoms with Gasteiger partial charge in [-0.1, -0.05) is 11.6 Å². The summed E-state index contributed by atoms with van der Waals surface area (Å²) in [7, 11) is 0. The average molecular weight is 464 g/mol. The van der Waals surface area contributed by atoms with Crippen LogP contribution >= 0.6 is 36.4 Å². The van der Waals surface area contributed by atoms with Crippen LogP contribution in [-0.4, -0.2) is 55.5 Å². The summed E-state index contributed by atoms with van der Waals surface area (Å²) in [6.07, 6.45) is 3.31. The zero-order valence-corrected chi connectivity index (χ0v) is 18.6. The fourth-order valence-electron chi connectivity index (χ4n) is 4.98. The first kappa shape index (κ1) is 24.1. The van der Waals surface area contributed by atoms with Crippen molar-refractivity contribution in [3.63, 3.8) is 0 Å². The molecule has 3 N–H and O–H groups in total. The van der Waals surface area contributed by atoms with Crippen molar-refractivity contribution in [3.8, 4) is 0 Å². The molecule has 1 aliphatic heterocycles. The molecule has 29 heavy (non-hydrogen) atoms. The van der Waals surface area contributed by atoms with Gasteiger partial charge in [-0.05, 0) is 55.4 Å². The number of amides is 2. The number of hydrogen-bond acceptors (Lipinski definition) is 4. The summed E-state index contributed by atoms with van der Waals surface area (Å²) in [6.45, 7) is 2.94. The van der Waals surface area contributed by atoms with Crippen LogP contribution in [0.2, 0.25) is 5.02 Å². The van der Waals surface area contributed by atoms with E-state index in [1.54, 1.807) is 0 Å². The molecule has 2 aliphatic carbocycles. The van der Waals surface area contributed by atoms with Crippen LogP contribution in [0.15, 0.2) is 24.3 Å². The highest BCUT2D eigenvalue weighted by Gasteiger charge is 2.49. The van der Waals surface area contributed by atoms with Crippen LogP contribution < -0.4 is 16.0 Å². The van der Waals surface area contributed by atoms with Crippen molar-refractivity contribution in [2.24, 2.45) is 23.5 Å². The Labute approximate surface area is 189 Å². The van der Waals surface area contributed by atoms with Gasteiger partial charge in [0.1, 0.15) is 0 Å². The molecule has 162 valence electrons. The maximum atomic E-state index is 12.5. The molecule has 4 unspecified atom stereocenters. The second-order valence-corrected chi connectivity index (χ2v) is 8.43. The summed E-state index contributed by atoms with van der Waals surface area (Å²) in [6, 6.07) is 7.72. The number of hydrogen-bond donors (Lipinski definition) is 2. The average Bonchev–Trinajstić information content (AvgIpc) is 3.28. The molecule has 0 spiro atoms. The topological polar surface area (TPSA) is 78.7 Å². The molecule has 1 saturated heterocycles. The summed E-state index contributed by atoms with van der Waals surface area (Å²) in [4.78, 5) is 29.1. The van der Waals surface area contributed by atoms with Crippen LogP contribution in [-0.2, 0) is 9.59 Å². The Morgan fingerprint density at radius 1 is 1.03 bits per heavy atom. The van der Waals surface area contributed by atoms with Gasteiger partial charge in [0, 0.05) is 42.9 Å². The van der Waals surface area contributed by atoms with E-state index in [0.717, 1.165) is 43.1 Å². The zero-order chi connectivity index (χ0) is 19.0. The van der Waals surface area contributed by atoms with Crippen LogP contribution in [0.25, 0.3) is 0 Å². The lowest BCUT2D eigenvalue weighted by Gasteiger charge is -2.36. The van der Waals surface area contributed by atoms with Gasteiger partial charge >= 0.3 is 0 Å². The fraction of sp³-hybridized carbons (Fsp3) is 0.600. The van der Waals surface area contributed by atoms with Gasteiger partial charge in [0.25, 0.3) is 0 Å². The van der Waals surface area contributed by atoms with E-state index in [0.29, 0.717) is 24.9 Å². The Bertz CT molecular complexity index is 708. The number of nitrogens with one attached hydrogen (secondary N) is 1. The number of nitrogens with two attached hydrogens (primary N) is 1. The quantitative estimate of drug-likeness (QED) is 0.718. The third kappa shape index (κ3) is 5.10. The van der Waals surface area contributed by atoms with Crippen molar-refractivity contribution in [2.45, 2.75) is 25.3 Å². The van der Waals surface area contributed by atoms with Gasteiger partial charge in [0.2, 0.25) is 11.8 Å². The van der Waals surface area contributed by atoms with Gasteiger partial charge in [-0.15, -0.1) is 24.8 Å². The number of rotatable bonds is 4. The Morgan fingerprint density at radius 3 is 2.24 bits per heavy atom. The van der Waals surface area contributed by atoms with Gasteiger partial charge in [0.05, 0.1) is 12.5 Å². The number of anilines is 1. The van der Waals surface area contributed by atoms with Crippen LogP contribution in [0.5, 0.6) is 0 Å². The second kappa shape index (κ2) is 10.2. The predicted molar refractivity (Wildman–Crippen MR) is 120 cm³/mol. The highest BCUT2D eigenvalue weighted by atomic mass is 35.5. The van der Waals surface area contributed by atoms with Crippen LogP contribution in [0.1, 0.15) is 19.3 Å². The van der Waals surface area contributed by atoms with E-state index in [4.69, 9.17) is 17.3 Å². The Kier molecular flexibility index (Phi) is 8.47. The first-order valence-electron chi connectivity index (χ1n) is 9.84. The van der Waals surface area contributed by atoms with Gasteiger partial charge in [-0.3, -0.25) is 9.59 Å². The molecule has 2 saturated carbocycles. The minimum atomic E-state index is -0.113. The number of carbonyl (C=O) groups is 2. The Morgan fingerprint density at radius 2 is 1.66 bits per heavy atom. The molecular formula is C20H29Cl3N4O2. The van der Waals surface area contributed by atoms with Crippen LogP contribution in [0, 0.1) is 17.8 Å². The molecule has 1 aromatic carbocycles. The number of piperazine rings is 1. The number of nitrogens with zero attached hydrogens (tertiary/aromatic N) is 2. The van der Waals surface area contributed by atoms with Crippen molar-refractivity contribution >= 4 is 53.9 Å². The monoisotopic (exact) mass is 462 g/mol. The number of halogens is 3. The summed E-state index contributed by atoms with van der Waals surface area (Å²) in [5, 5.41) is 3.57. The van der Waals surface area contributed by atoms with Gasteiger partial charge in [0.15, 0.2) is 0 Å². The summed E-state index contributed by atoms with van der Waals surface area (Å²) in [5.74, 6) is 0.724. The van der Waals surface area contributed by atoms with Crippen molar-refractivity contribution in [3.05, 3.63) is 29.3 Å². The number of fused-ring (bicyclic) bond motifs is 2. The standard InChI is InChI=1S/C20H27ClN4O2.2ClH/c21-15-3-5-16(6-4-15)24-7-9-25(10-8-24)17(26)12-23-20(27)18-13-1-2-14(11-13)19(18)22;;/h3-6,13-14,18-19H,1-2,7-12,22H2,(H,23,27);2*1H. The maximum Gasteiger partial charge on any atom is 0.242 e. The minimum absolute atomic E-state index is 0. The van der Waals surface area contributed by atoms with E-state index in [1.165, 1.54) is 0 Å². The van der Waals surface area contributed by atoms with Crippen molar-refractivity contribution in [1.82, 2.24) is 10.2 Å². The zero-order valence-electron chi connectivity index (χ0n) is 16.3. The summed E-state index contributed by atoms with van der Waals surface area (Å²) >= 11 is 5.94. The van der Waals surface area contributed by atoms with Crippen LogP contribution in [0.4, 0.5) is 5.69 Å². The molecule has 9 heteroatoms. The van der Waals surface area contributed by atoms with Gasteiger partial charge in [-0.2, -0.15) is 0 Å². The normalized spacial score (nSPS) is 27.8. The molecule has 1 heterocycles. The van der Waals surface area contributed by atoms with E-state index in [1.807, 2.05) is 29.2 Å². The SMILES string of the molecule is Cl.Cl.NC1C2CCC(C2)C1C(=O)NCC(=O)N1CCN(c2ccc(Cl)cc2)CC1. The lowest BCUT2D eigenvalue weighted by atomic mass is 9.84. The lowest BCUT2D eigenvalue weighted by Crippen LogP contribution is -2.52. The number of carbonyl (C=O) groups excluding carboxylic acids is 2. The second-order valence-electron chi connectivity index (χ2n) is 8.00. The summed E-state index contributed by atoms with van der Waals surface area (Å²) in [5.41, 5.74) is 7.34. The molecule has 6 nitrogen and oxygen atoms in total. The van der Waals surface area contributed by atoms with E-state index < -0.39 is 0 Å². The van der Waals surface area contributed by atoms with E-state index >= 15 is 0 Å². The third-order valence-electron chi connectivity index (χ3n) is 6.52. The molecule has 2 bridgehead atoms. The van der Waals surface area contributed by atoms with E-state index in [9.17, 15) is 9.59 Å². The van der Waals surface area contributed by atoms with Crippen molar-refractivity contribution in [2.75, 3.05) is 37.6 Å². The lowest BCUT2D eigenvalue weighted by molar-refractivity contribution is -0.134. The largest absolute Gasteiger partial charge is 0.368 e. The van der Waals surface area contributed by atoms with E-state index in [-0.39, 0.29) is 55.1 Å². The van der Waals surface area contributed by atoms with Gasteiger partial charge < -0.3 is 20.9 Å². The van der Waals surface area contributed by atoms with E-state index in [2.05, 4.69) is 10.2 Å². The molecular weight excluding hydrogens is 435 g/mol. The molecule has 3 fully saturated rings. The Balaban J connectivity index is 0.00000150. The molecule has 4 atom stereocenters. The molecule has 4 rings (SSSR count). The minimum Gasteiger partial charge on any atom is -0.368 e. The first-order chi connectivity index (χ1) is 13.0. The maximum absolute atomic E-state index is 12.5. The van der Waals surface area contributed by atoms with Crippen molar-refractivity contribution < 1.29 is 9.59 Å². The molecule has 2 amide bonds. The molecule has 0 radical (unpaired) electrons. The molecule has 0 aromatic heterocycles. The first-order valence-corrected chi connectivity index (χ1v) is 10.2. The third-order valence-corrected chi connectivity index (χ3v) is 6.77. The molecule has 3 aliphatic rings. The van der Waals surface area contributed by atoms with Crippen LogP contribution in [0.3, 0.4) is 0 Å². The fourth-order valence-corrected chi connectivity index (χ4v) is 5.11. The van der Waals surface area contributed by atoms with Gasteiger partial charge in [-0.25, -0.2) is 0 Å². The predicted octanol–water partition coefficient (Wildman–Crippen LogP) is 2.32.